The molecule has 0 bridgehead atoms. The second-order valence-electron chi connectivity index (χ2n) is 5.03. The first-order valence-electron chi connectivity index (χ1n) is 7.56. The first-order valence-corrected chi connectivity index (χ1v) is 8.96. The van der Waals surface area contributed by atoms with E-state index in [4.69, 9.17) is 4.18 Å². The van der Waals surface area contributed by atoms with Crippen LogP contribution in [0.15, 0.2) is 53.4 Å². The van der Waals surface area contributed by atoms with E-state index in [1.165, 1.54) is 12.1 Å². The summed E-state index contributed by atoms with van der Waals surface area (Å²) >= 11 is 0. The Bertz CT molecular complexity index is 919. The van der Waals surface area contributed by atoms with Gasteiger partial charge >= 0.3 is 0 Å². The highest BCUT2D eigenvalue weighted by Crippen LogP contribution is 2.13. The lowest BCUT2D eigenvalue weighted by Crippen LogP contribution is -2.06. The molecule has 0 aliphatic rings. The summed E-state index contributed by atoms with van der Waals surface area (Å²) in [5.41, 5.74) is 2.57. The SMILES string of the molecule is CCC#Cc1ccccc1C#CCOS(=O)(=O)c1ccc(C)cc1. The Balaban J connectivity index is 2.08. The van der Waals surface area contributed by atoms with Crippen LogP contribution in [0.25, 0.3) is 0 Å². The summed E-state index contributed by atoms with van der Waals surface area (Å²) < 4.78 is 29.1. The lowest BCUT2D eigenvalue weighted by Gasteiger charge is -2.02. The van der Waals surface area contributed by atoms with Crippen molar-refractivity contribution in [1.82, 2.24) is 0 Å². The van der Waals surface area contributed by atoms with Gasteiger partial charge in [0.05, 0.1) is 4.90 Å². The molecule has 3 nitrogen and oxygen atoms in total. The predicted octanol–water partition coefficient (Wildman–Crippen LogP) is 3.51. The monoisotopic (exact) mass is 338 g/mol. The Morgan fingerprint density at radius 3 is 2.08 bits per heavy atom. The van der Waals surface area contributed by atoms with Gasteiger partial charge in [-0.25, -0.2) is 0 Å². The molecule has 2 aromatic rings. The third kappa shape index (κ3) is 4.99. The number of rotatable bonds is 3. The van der Waals surface area contributed by atoms with Gasteiger partial charge in [0, 0.05) is 17.5 Å². The molecule has 0 atom stereocenters. The van der Waals surface area contributed by atoms with Gasteiger partial charge in [-0.05, 0) is 31.2 Å². The second kappa shape index (κ2) is 8.36. The van der Waals surface area contributed by atoms with E-state index in [0.29, 0.717) is 0 Å². The highest BCUT2D eigenvalue weighted by Gasteiger charge is 2.13. The van der Waals surface area contributed by atoms with E-state index in [9.17, 15) is 8.42 Å². The topological polar surface area (TPSA) is 43.4 Å². The Hall–Kier alpha value is -2.53. The quantitative estimate of drug-likeness (QED) is 0.635. The number of benzene rings is 2. The lowest BCUT2D eigenvalue weighted by atomic mass is 10.1. The second-order valence-corrected chi connectivity index (χ2v) is 6.65. The van der Waals surface area contributed by atoms with Crippen molar-refractivity contribution in [2.45, 2.75) is 25.2 Å². The van der Waals surface area contributed by atoms with E-state index in [1.54, 1.807) is 12.1 Å². The fraction of sp³-hybridized carbons (Fsp3) is 0.200. The molecule has 0 saturated heterocycles. The van der Waals surface area contributed by atoms with Gasteiger partial charge in [0.15, 0.2) is 0 Å². The molecule has 0 aliphatic heterocycles. The average molecular weight is 338 g/mol. The molecule has 2 rings (SSSR count). The Morgan fingerprint density at radius 1 is 0.917 bits per heavy atom. The Morgan fingerprint density at radius 2 is 1.50 bits per heavy atom. The summed E-state index contributed by atoms with van der Waals surface area (Å²) in [6, 6.07) is 14.0. The number of hydrogen-bond acceptors (Lipinski definition) is 3. The van der Waals surface area contributed by atoms with Gasteiger partial charge in [0.25, 0.3) is 10.1 Å². The zero-order valence-electron chi connectivity index (χ0n) is 13.7. The molecule has 0 unspecified atom stereocenters. The van der Waals surface area contributed by atoms with Crippen molar-refractivity contribution >= 4 is 10.1 Å². The number of hydrogen-bond donors (Lipinski definition) is 0. The lowest BCUT2D eigenvalue weighted by molar-refractivity contribution is 0.363. The predicted molar refractivity (Wildman–Crippen MR) is 94.8 cm³/mol. The van der Waals surface area contributed by atoms with E-state index >= 15 is 0 Å². The van der Waals surface area contributed by atoms with Crippen molar-refractivity contribution in [3.8, 4) is 23.7 Å². The summed E-state index contributed by atoms with van der Waals surface area (Å²) in [5.74, 6) is 11.7. The zero-order valence-corrected chi connectivity index (χ0v) is 14.5. The van der Waals surface area contributed by atoms with Crippen molar-refractivity contribution in [3.63, 3.8) is 0 Å². The number of aryl methyl sites for hydroxylation is 1. The highest BCUT2D eigenvalue weighted by atomic mass is 32.2. The van der Waals surface area contributed by atoms with Crippen LogP contribution in [0, 0.1) is 30.6 Å². The molecule has 4 heteroatoms. The van der Waals surface area contributed by atoms with Crippen LogP contribution in [0.2, 0.25) is 0 Å². The van der Waals surface area contributed by atoms with Crippen LogP contribution in [0.1, 0.15) is 30.0 Å². The van der Waals surface area contributed by atoms with Gasteiger partial charge in [-0.15, -0.1) is 0 Å². The molecule has 0 fully saturated rings. The van der Waals surface area contributed by atoms with Crippen LogP contribution in [0.3, 0.4) is 0 Å². The van der Waals surface area contributed by atoms with Gasteiger partial charge in [0.1, 0.15) is 6.61 Å². The van der Waals surface area contributed by atoms with Crippen LogP contribution in [-0.4, -0.2) is 15.0 Å². The minimum Gasteiger partial charge on any atom is -0.253 e. The summed E-state index contributed by atoms with van der Waals surface area (Å²) in [7, 11) is -3.79. The maximum Gasteiger partial charge on any atom is 0.297 e. The van der Waals surface area contributed by atoms with Gasteiger partial charge in [0.2, 0.25) is 0 Å². The zero-order chi connectivity index (χ0) is 17.4. The molecule has 0 spiro atoms. The van der Waals surface area contributed by atoms with Crippen LogP contribution < -0.4 is 0 Å². The van der Waals surface area contributed by atoms with Crippen molar-refractivity contribution in [2.75, 3.05) is 6.61 Å². The summed E-state index contributed by atoms with van der Waals surface area (Å²) in [6.07, 6.45) is 0.764. The highest BCUT2D eigenvalue weighted by molar-refractivity contribution is 7.86. The minimum atomic E-state index is -3.79. The molecule has 0 N–H and O–H groups in total. The van der Waals surface area contributed by atoms with Crippen LogP contribution in [-0.2, 0) is 14.3 Å². The Labute approximate surface area is 143 Å². The summed E-state index contributed by atoms with van der Waals surface area (Å²) in [4.78, 5) is 0.129. The molecule has 0 amide bonds. The van der Waals surface area contributed by atoms with Crippen LogP contribution in [0.4, 0.5) is 0 Å². The molecular weight excluding hydrogens is 320 g/mol. The van der Waals surface area contributed by atoms with Crippen molar-refractivity contribution in [3.05, 3.63) is 65.2 Å². The normalized spacial score (nSPS) is 10.2. The summed E-state index contributed by atoms with van der Waals surface area (Å²) in [6.45, 7) is 3.67. The first kappa shape index (κ1) is 17.8. The third-order valence-electron chi connectivity index (χ3n) is 3.15. The van der Waals surface area contributed by atoms with Crippen LogP contribution in [0.5, 0.6) is 0 Å². The van der Waals surface area contributed by atoms with E-state index in [1.807, 2.05) is 38.1 Å². The van der Waals surface area contributed by atoms with E-state index in [0.717, 1.165) is 23.1 Å². The molecule has 0 aromatic heterocycles. The third-order valence-corrected chi connectivity index (χ3v) is 4.42. The molecule has 24 heavy (non-hydrogen) atoms. The van der Waals surface area contributed by atoms with E-state index < -0.39 is 10.1 Å². The smallest absolute Gasteiger partial charge is 0.253 e. The van der Waals surface area contributed by atoms with Crippen molar-refractivity contribution in [1.29, 1.82) is 0 Å². The molecule has 0 aliphatic carbocycles. The average Bonchev–Trinajstić information content (AvgIpc) is 2.58. The van der Waals surface area contributed by atoms with Gasteiger partial charge in [-0.2, -0.15) is 8.42 Å². The maximum absolute atomic E-state index is 12.1. The molecular formula is C20H18O3S. The molecule has 0 saturated carbocycles. The first-order chi connectivity index (χ1) is 11.5. The largest absolute Gasteiger partial charge is 0.297 e. The van der Waals surface area contributed by atoms with E-state index in [-0.39, 0.29) is 11.5 Å². The molecule has 0 heterocycles. The van der Waals surface area contributed by atoms with Crippen LogP contribution >= 0.6 is 0 Å². The van der Waals surface area contributed by atoms with Crippen molar-refractivity contribution in [2.24, 2.45) is 0 Å². The van der Waals surface area contributed by atoms with E-state index in [2.05, 4.69) is 23.7 Å². The van der Waals surface area contributed by atoms with Crippen molar-refractivity contribution < 1.29 is 12.6 Å². The standard InChI is InChI=1S/C20H18O3S/c1-3-4-8-18-9-5-6-10-19(18)11-7-16-23-24(21,22)20-14-12-17(2)13-15-20/h5-6,9-10,12-15H,3,16H2,1-2H3. The molecule has 122 valence electrons. The fourth-order valence-corrected chi connectivity index (χ4v) is 2.72. The minimum absolute atomic E-state index is 0.129. The summed E-state index contributed by atoms with van der Waals surface area (Å²) in [5, 5.41) is 0. The van der Waals surface area contributed by atoms with Gasteiger partial charge in [-0.3, -0.25) is 4.18 Å². The fourth-order valence-electron chi connectivity index (χ4n) is 1.90. The van der Waals surface area contributed by atoms with Gasteiger partial charge < -0.3 is 0 Å². The molecule has 2 aromatic carbocycles. The molecule has 0 radical (unpaired) electrons. The van der Waals surface area contributed by atoms with Gasteiger partial charge in [-0.1, -0.05) is 60.4 Å². The Kier molecular flexibility index (Phi) is 6.21. The maximum atomic E-state index is 12.1.